The minimum absolute atomic E-state index is 0.245. The zero-order chi connectivity index (χ0) is 10.1. The number of aliphatic hydroxyl groups is 1. The predicted octanol–water partition coefficient (Wildman–Crippen LogP) is 2.04. The molecule has 0 aromatic carbocycles. The number of thiophene rings is 1. The van der Waals surface area contributed by atoms with E-state index in [1.54, 1.807) is 0 Å². The summed E-state index contributed by atoms with van der Waals surface area (Å²) in [7, 11) is 0. The minimum atomic E-state index is 0.245. The van der Waals surface area contributed by atoms with Gasteiger partial charge >= 0.3 is 0 Å². The lowest BCUT2D eigenvalue weighted by Crippen LogP contribution is -2.19. The molecule has 0 amide bonds. The molecular formula is C11H19NOS. The van der Waals surface area contributed by atoms with Gasteiger partial charge in [0, 0.05) is 11.4 Å². The third kappa shape index (κ3) is 5.37. The highest BCUT2D eigenvalue weighted by Crippen LogP contribution is 2.12. The largest absolute Gasteiger partial charge is 0.395 e. The second-order valence-electron chi connectivity index (χ2n) is 3.36. The molecule has 1 aromatic heterocycles. The highest BCUT2D eigenvalue weighted by atomic mass is 32.1. The quantitative estimate of drug-likeness (QED) is 0.648. The van der Waals surface area contributed by atoms with Gasteiger partial charge in [-0.2, -0.15) is 0 Å². The third-order valence-corrected chi connectivity index (χ3v) is 3.08. The van der Waals surface area contributed by atoms with Crippen molar-refractivity contribution in [2.75, 3.05) is 19.7 Å². The lowest BCUT2D eigenvalue weighted by Gasteiger charge is -2.01. The van der Waals surface area contributed by atoms with E-state index in [0.717, 1.165) is 13.1 Å². The SMILES string of the molecule is OCCNCCCCCc1cccs1. The molecule has 0 unspecified atom stereocenters. The third-order valence-electron chi connectivity index (χ3n) is 2.15. The van der Waals surface area contributed by atoms with E-state index in [-0.39, 0.29) is 6.61 Å². The summed E-state index contributed by atoms with van der Waals surface area (Å²) in [5.41, 5.74) is 0. The van der Waals surface area contributed by atoms with Gasteiger partial charge in [0.25, 0.3) is 0 Å². The maximum Gasteiger partial charge on any atom is 0.0555 e. The van der Waals surface area contributed by atoms with Crippen molar-refractivity contribution in [2.24, 2.45) is 0 Å². The van der Waals surface area contributed by atoms with Crippen LogP contribution in [0.25, 0.3) is 0 Å². The normalized spacial score (nSPS) is 10.6. The van der Waals surface area contributed by atoms with Crippen LogP contribution in [0.3, 0.4) is 0 Å². The predicted molar refractivity (Wildman–Crippen MR) is 61.8 cm³/mol. The zero-order valence-corrected chi connectivity index (χ0v) is 9.35. The maximum absolute atomic E-state index is 8.53. The fourth-order valence-corrected chi connectivity index (χ4v) is 2.14. The van der Waals surface area contributed by atoms with Gasteiger partial charge in [-0.15, -0.1) is 11.3 Å². The van der Waals surface area contributed by atoms with Gasteiger partial charge in [-0.1, -0.05) is 12.5 Å². The summed E-state index contributed by atoms with van der Waals surface area (Å²) in [6, 6.07) is 4.32. The number of hydrogen-bond acceptors (Lipinski definition) is 3. The summed E-state index contributed by atoms with van der Waals surface area (Å²) in [5.74, 6) is 0. The summed E-state index contributed by atoms with van der Waals surface area (Å²) < 4.78 is 0. The average molecular weight is 213 g/mol. The van der Waals surface area contributed by atoms with E-state index in [4.69, 9.17) is 5.11 Å². The molecule has 0 saturated carbocycles. The van der Waals surface area contributed by atoms with E-state index in [0.29, 0.717) is 0 Å². The van der Waals surface area contributed by atoms with Crippen molar-refractivity contribution in [3.05, 3.63) is 22.4 Å². The molecule has 0 spiro atoms. The summed E-state index contributed by atoms with van der Waals surface area (Å²) in [4.78, 5) is 1.49. The first-order valence-corrected chi connectivity index (χ1v) is 6.15. The standard InChI is InChI=1S/C11H19NOS/c13-9-8-12-7-3-1-2-5-11-6-4-10-14-11/h4,6,10,12-13H,1-3,5,7-9H2. The van der Waals surface area contributed by atoms with Crippen LogP contribution >= 0.6 is 11.3 Å². The molecule has 2 N–H and O–H groups in total. The summed E-state index contributed by atoms with van der Waals surface area (Å²) in [5, 5.41) is 13.9. The van der Waals surface area contributed by atoms with Crippen molar-refractivity contribution >= 4 is 11.3 Å². The number of unbranched alkanes of at least 4 members (excludes halogenated alkanes) is 2. The Bertz CT molecular complexity index is 211. The van der Waals surface area contributed by atoms with Crippen molar-refractivity contribution in [1.29, 1.82) is 0 Å². The number of nitrogens with one attached hydrogen (secondary N) is 1. The first-order chi connectivity index (χ1) is 6.93. The molecule has 14 heavy (non-hydrogen) atoms. The molecule has 2 nitrogen and oxygen atoms in total. The molecule has 0 saturated heterocycles. The van der Waals surface area contributed by atoms with E-state index >= 15 is 0 Å². The Kier molecular flexibility index (Phi) is 6.66. The second kappa shape index (κ2) is 7.97. The van der Waals surface area contributed by atoms with Crippen LogP contribution in [-0.4, -0.2) is 24.8 Å². The van der Waals surface area contributed by atoms with E-state index in [9.17, 15) is 0 Å². The summed E-state index contributed by atoms with van der Waals surface area (Å²) >= 11 is 1.85. The van der Waals surface area contributed by atoms with Crippen molar-refractivity contribution in [3.63, 3.8) is 0 Å². The topological polar surface area (TPSA) is 32.3 Å². The van der Waals surface area contributed by atoms with Gasteiger partial charge in [-0.3, -0.25) is 0 Å². The molecule has 1 aromatic rings. The summed E-state index contributed by atoms with van der Waals surface area (Å²) in [6.45, 7) is 2.01. The van der Waals surface area contributed by atoms with Gasteiger partial charge < -0.3 is 10.4 Å². The fraction of sp³-hybridized carbons (Fsp3) is 0.636. The molecule has 80 valence electrons. The molecule has 0 aliphatic heterocycles. The molecule has 0 bridgehead atoms. The van der Waals surface area contributed by atoms with Crippen LogP contribution in [0.5, 0.6) is 0 Å². The first kappa shape index (κ1) is 11.7. The molecule has 1 rings (SSSR count). The fourth-order valence-electron chi connectivity index (χ4n) is 1.38. The lowest BCUT2D eigenvalue weighted by molar-refractivity contribution is 0.292. The Labute approximate surface area is 90.0 Å². The Hall–Kier alpha value is -0.380. The van der Waals surface area contributed by atoms with Crippen LogP contribution in [0.4, 0.5) is 0 Å². The van der Waals surface area contributed by atoms with Crippen molar-refractivity contribution < 1.29 is 5.11 Å². The van der Waals surface area contributed by atoms with Gasteiger partial charge in [0.05, 0.1) is 6.61 Å². The van der Waals surface area contributed by atoms with E-state index < -0.39 is 0 Å². The Morgan fingerprint density at radius 3 is 2.86 bits per heavy atom. The molecule has 0 aliphatic rings. The highest BCUT2D eigenvalue weighted by molar-refractivity contribution is 7.09. The summed E-state index contributed by atoms with van der Waals surface area (Å²) in [6.07, 6.45) is 4.99. The van der Waals surface area contributed by atoms with E-state index in [2.05, 4.69) is 22.8 Å². The Balaban J connectivity index is 1.85. The molecule has 0 radical (unpaired) electrons. The average Bonchev–Trinajstić information content (AvgIpc) is 2.69. The van der Waals surface area contributed by atoms with Crippen molar-refractivity contribution in [1.82, 2.24) is 5.32 Å². The Morgan fingerprint density at radius 2 is 2.14 bits per heavy atom. The highest BCUT2D eigenvalue weighted by Gasteiger charge is 1.93. The van der Waals surface area contributed by atoms with Crippen molar-refractivity contribution in [2.45, 2.75) is 25.7 Å². The zero-order valence-electron chi connectivity index (χ0n) is 8.54. The molecule has 0 aliphatic carbocycles. The maximum atomic E-state index is 8.53. The number of rotatable bonds is 8. The van der Waals surface area contributed by atoms with E-state index in [1.165, 1.54) is 30.6 Å². The first-order valence-electron chi connectivity index (χ1n) is 5.27. The van der Waals surface area contributed by atoms with Crippen LogP contribution in [0.1, 0.15) is 24.1 Å². The number of aliphatic hydroxyl groups excluding tert-OH is 1. The second-order valence-corrected chi connectivity index (χ2v) is 4.40. The van der Waals surface area contributed by atoms with Crippen LogP contribution in [0.15, 0.2) is 17.5 Å². The smallest absolute Gasteiger partial charge is 0.0555 e. The van der Waals surface area contributed by atoms with Crippen LogP contribution in [0, 0.1) is 0 Å². The molecular weight excluding hydrogens is 194 g/mol. The number of hydrogen-bond donors (Lipinski definition) is 2. The minimum Gasteiger partial charge on any atom is -0.395 e. The van der Waals surface area contributed by atoms with Gasteiger partial charge in [-0.05, 0) is 37.3 Å². The Morgan fingerprint density at radius 1 is 1.21 bits per heavy atom. The van der Waals surface area contributed by atoms with Crippen LogP contribution in [-0.2, 0) is 6.42 Å². The van der Waals surface area contributed by atoms with Gasteiger partial charge in [0.15, 0.2) is 0 Å². The molecule has 1 heterocycles. The lowest BCUT2D eigenvalue weighted by atomic mass is 10.2. The van der Waals surface area contributed by atoms with Gasteiger partial charge in [-0.25, -0.2) is 0 Å². The van der Waals surface area contributed by atoms with E-state index in [1.807, 2.05) is 11.3 Å². The molecule has 3 heteroatoms. The van der Waals surface area contributed by atoms with Gasteiger partial charge in [0.1, 0.15) is 0 Å². The molecule has 0 atom stereocenters. The van der Waals surface area contributed by atoms with Crippen LogP contribution in [0.2, 0.25) is 0 Å². The van der Waals surface area contributed by atoms with Crippen LogP contribution < -0.4 is 5.32 Å². The molecule has 0 fully saturated rings. The number of aryl methyl sites for hydroxylation is 1. The van der Waals surface area contributed by atoms with Crippen molar-refractivity contribution in [3.8, 4) is 0 Å². The monoisotopic (exact) mass is 213 g/mol. The van der Waals surface area contributed by atoms with Gasteiger partial charge in [0.2, 0.25) is 0 Å².